The molecule has 0 heterocycles. The van der Waals surface area contributed by atoms with Crippen molar-refractivity contribution >= 4 is 44.9 Å². The lowest BCUT2D eigenvalue weighted by Crippen LogP contribution is -2.03. The molecule has 4 heteroatoms. The summed E-state index contributed by atoms with van der Waals surface area (Å²) < 4.78 is 0.745. The third-order valence-electron chi connectivity index (χ3n) is 2.54. The zero-order valence-corrected chi connectivity index (χ0v) is 12.6. The van der Waals surface area contributed by atoms with Crippen LogP contribution in [0.3, 0.4) is 0 Å². The van der Waals surface area contributed by atoms with E-state index in [-0.39, 0.29) is 5.78 Å². The number of carbonyl (C=O) groups is 1. The number of carbonyl (C=O) groups excluding carboxylic acids is 1. The van der Waals surface area contributed by atoms with E-state index in [2.05, 4.69) is 15.9 Å². The van der Waals surface area contributed by atoms with Crippen LogP contribution in [-0.2, 0) is 0 Å². The Labute approximate surface area is 124 Å². The Kier molecular flexibility index (Phi) is 4.10. The quantitative estimate of drug-likeness (QED) is 0.676. The molecule has 0 aromatic heterocycles. The van der Waals surface area contributed by atoms with Crippen LogP contribution in [0.1, 0.15) is 21.5 Å². The minimum absolute atomic E-state index is 0.141. The Morgan fingerprint density at radius 2 is 1.78 bits per heavy atom. The van der Waals surface area contributed by atoms with Gasteiger partial charge in [0.25, 0.3) is 0 Å². The largest absolute Gasteiger partial charge is 0.289 e. The van der Waals surface area contributed by atoms with Gasteiger partial charge in [-0.2, -0.15) is 0 Å². The predicted molar refractivity (Wildman–Crippen MR) is 78.8 cm³/mol. The zero-order chi connectivity index (χ0) is 13.3. The fraction of sp³-hybridized carbons (Fsp3) is 0.0714. The van der Waals surface area contributed by atoms with Crippen LogP contribution in [0.4, 0.5) is 0 Å². The molecule has 0 spiro atoms. The van der Waals surface area contributed by atoms with Gasteiger partial charge in [0.2, 0.25) is 0 Å². The minimum Gasteiger partial charge on any atom is -0.289 e. The van der Waals surface area contributed by atoms with Gasteiger partial charge in [0.05, 0.1) is 5.02 Å². The smallest absolute Gasteiger partial charge is 0.195 e. The van der Waals surface area contributed by atoms with Crippen molar-refractivity contribution < 1.29 is 4.79 Å². The summed E-state index contributed by atoms with van der Waals surface area (Å²) in [6.07, 6.45) is 0. The van der Waals surface area contributed by atoms with E-state index in [0.29, 0.717) is 21.2 Å². The fourth-order valence-electron chi connectivity index (χ4n) is 1.63. The SMILES string of the molecule is Cc1ccc(Br)c(C(=O)c2cc(Cl)ccc2Cl)c1. The van der Waals surface area contributed by atoms with Crippen molar-refractivity contribution in [3.63, 3.8) is 0 Å². The molecule has 0 radical (unpaired) electrons. The maximum atomic E-state index is 12.4. The normalized spacial score (nSPS) is 10.4. The highest BCUT2D eigenvalue weighted by Crippen LogP contribution is 2.27. The molecule has 2 aromatic rings. The standard InChI is InChI=1S/C14H9BrCl2O/c1-8-2-4-12(15)10(6-8)14(18)11-7-9(16)3-5-13(11)17/h2-7H,1H3. The molecule has 0 aliphatic heterocycles. The first-order chi connectivity index (χ1) is 8.49. The average molecular weight is 344 g/mol. The highest BCUT2D eigenvalue weighted by atomic mass is 79.9. The molecule has 0 amide bonds. The fourth-order valence-corrected chi connectivity index (χ4v) is 2.43. The van der Waals surface area contributed by atoms with E-state index in [1.807, 2.05) is 25.1 Å². The molecule has 0 unspecified atom stereocenters. The van der Waals surface area contributed by atoms with E-state index in [1.165, 1.54) is 0 Å². The molecule has 0 aliphatic carbocycles. The highest BCUT2D eigenvalue weighted by molar-refractivity contribution is 9.10. The summed E-state index contributed by atoms with van der Waals surface area (Å²) in [5, 5.41) is 0.893. The van der Waals surface area contributed by atoms with Gasteiger partial charge in [-0.15, -0.1) is 0 Å². The minimum atomic E-state index is -0.141. The Balaban J connectivity index is 2.54. The van der Waals surface area contributed by atoms with Gasteiger partial charge in [0.15, 0.2) is 5.78 Å². The van der Waals surface area contributed by atoms with Gasteiger partial charge in [-0.25, -0.2) is 0 Å². The van der Waals surface area contributed by atoms with Crippen LogP contribution in [0.25, 0.3) is 0 Å². The van der Waals surface area contributed by atoms with Gasteiger partial charge in [-0.05, 0) is 37.3 Å². The lowest BCUT2D eigenvalue weighted by atomic mass is 10.0. The van der Waals surface area contributed by atoms with E-state index in [4.69, 9.17) is 23.2 Å². The van der Waals surface area contributed by atoms with E-state index in [9.17, 15) is 4.79 Å². The highest BCUT2D eigenvalue weighted by Gasteiger charge is 2.16. The van der Waals surface area contributed by atoms with E-state index >= 15 is 0 Å². The summed E-state index contributed by atoms with van der Waals surface area (Å²) in [6.45, 7) is 1.93. The maximum Gasteiger partial charge on any atom is 0.195 e. The molecule has 0 saturated carbocycles. The lowest BCUT2D eigenvalue weighted by Gasteiger charge is -2.07. The van der Waals surface area contributed by atoms with Crippen LogP contribution in [0.15, 0.2) is 40.9 Å². The third-order valence-corrected chi connectivity index (χ3v) is 3.80. The van der Waals surface area contributed by atoms with Crippen LogP contribution in [-0.4, -0.2) is 5.78 Å². The number of hydrogen-bond acceptors (Lipinski definition) is 1. The summed E-state index contributed by atoms with van der Waals surface area (Å²) in [5.41, 5.74) is 2.01. The van der Waals surface area contributed by atoms with Gasteiger partial charge in [-0.1, -0.05) is 50.8 Å². The van der Waals surface area contributed by atoms with Gasteiger partial charge in [-0.3, -0.25) is 4.79 Å². The average Bonchev–Trinajstić information content (AvgIpc) is 2.34. The van der Waals surface area contributed by atoms with Crippen molar-refractivity contribution in [1.82, 2.24) is 0 Å². The Hall–Kier alpha value is -0.830. The monoisotopic (exact) mass is 342 g/mol. The van der Waals surface area contributed by atoms with E-state index in [1.54, 1.807) is 18.2 Å². The maximum absolute atomic E-state index is 12.4. The van der Waals surface area contributed by atoms with Gasteiger partial charge < -0.3 is 0 Å². The van der Waals surface area contributed by atoms with Crippen molar-refractivity contribution in [2.45, 2.75) is 6.92 Å². The molecule has 0 fully saturated rings. The molecule has 0 atom stereocenters. The molecule has 0 aliphatic rings. The zero-order valence-electron chi connectivity index (χ0n) is 9.51. The first kappa shape index (κ1) is 13.6. The van der Waals surface area contributed by atoms with Gasteiger partial charge >= 0.3 is 0 Å². The second kappa shape index (κ2) is 5.43. The first-order valence-corrected chi connectivity index (χ1v) is 6.80. The first-order valence-electron chi connectivity index (χ1n) is 5.25. The van der Waals surface area contributed by atoms with Crippen LogP contribution < -0.4 is 0 Å². The summed E-state index contributed by atoms with van der Waals surface area (Å²) in [4.78, 5) is 12.4. The number of aryl methyl sites for hydroxylation is 1. The number of hydrogen-bond donors (Lipinski definition) is 0. The summed E-state index contributed by atoms with van der Waals surface area (Å²) in [5.74, 6) is -0.141. The van der Waals surface area contributed by atoms with Crippen molar-refractivity contribution in [3.8, 4) is 0 Å². The second-order valence-corrected chi connectivity index (χ2v) is 5.63. The molecule has 0 N–H and O–H groups in total. The third kappa shape index (κ3) is 2.77. The predicted octanol–water partition coefficient (Wildman–Crippen LogP) is 5.30. The molecule has 0 saturated heterocycles. The van der Waals surface area contributed by atoms with Crippen LogP contribution in [0, 0.1) is 6.92 Å². The van der Waals surface area contributed by atoms with Crippen LogP contribution in [0.5, 0.6) is 0 Å². The Morgan fingerprint density at radius 3 is 2.50 bits per heavy atom. The number of ketones is 1. The summed E-state index contributed by atoms with van der Waals surface area (Å²) in [7, 11) is 0. The molecule has 92 valence electrons. The van der Waals surface area contributed by atoms with Crippen molar-refractivity contribution in [3.05, 3.63) is 67.6 Å². The molecule has 2 rings (SSSR count). The molecular weight excluding hydrogens is 335 g/mol. The Bertz CT molecular complexity index is 570. The topological polar surface area (TPSA) is 17.1 Å². The van der Waals surface area contributed by atoms with Crippen molar-refractivity contribution in [2.75, 3.05) is 0 Å². The van der Waals surface area contributed by atoms with E-state index < -0.39 is 0 Å². The molecular formula is C14H9BrCl2O. The summed E-state index contributed by atoms with van der Waals surface area (Å²) in [6, 6.07) is 10.5. The van der Waals surface area contributed by atoms with Crippen LogP contribution >= 0.6 is 39.1 Å². The molecule has 1 nitrogen and oxygen atoms in total. The van der Waals surface area contributed by atoms with Crippen molar-refractivity contribution in [1.29, 1.82) is 0 Å². The summed E-state index contributed by atoms with van der Waals surface area (Å²) >= 11 is 15.3. The molecule has 2 aromatic carbocycles. The van der Waals surface area contributed by atoms with Gasteiger partial charge in [0.1, 0.15) is 0 Å². The lowest BCUT2D eigenvalue weighted by molar-refractivity contribution is 0.103. The van der Waals surface area contributed by atoms with Gasteiger partial charge in [0, 0.05) is 20.6 Å². The molecule has 0 bridgehead atoms. The molecule has 18 heavy (non-hydrogen) atoms. The second-order valence-electron chi connectivity index (χ2n) is 3.94. The van der Waals surface area contributed by atoms with E-state index in [0.717, 1.165) is 10.0 Å². The number of benzene rings is 2. The van der Waals surface area contributed by atoms with Crippen LogP contribution in [0.2, 0.25) is 10.0 Å². The van der Waals surface area contributed by atoms with Crippen molar-refractivity contribution in [2.24, 2.45) is 0 Å². The number of rotatable bonds is 2. The number of halogens is 3. The Morgan fingerprint density at radius 1 is 1.06 bits per heavy atom.